The Labute approximate surface area is 158 Å². The number of amides is 1. The maximum Gasteiger partial charge on any atom is 0.238 e. The fraction of sp³-hybridized carbons (Fsp3) is 0.278. The molecule has 0 aromatic heterocycles. The molecule has 2 aromatic rings. The summed E-state index contributed by atoms with van der Waals surface area (Å²) >= 11 is 7.76. The lowest BCUT2D eigenvalue weighted by atomic mass is 10.1. The Bertz CT molecular complexity index is 663. The van der Waals surface area contributed by atoms with Gasteiger partial charge in [0.2, 0.25) is 5.91 Å². The van der Waals surface area contributed by atoms with Crippen LogP contribution in [0, 0.1) is 0 Å². The molecule has 2 N–H and O–H groups in total. The lowest BCUT2D eigenvalue weighted by Gasteiger charge is -2.20. The van der Waals surface area contributed by atoms with E-state index >= 15 is 0 Å². The minimum Gasteiger partial charge on any atom is -0.351 e. The Morgan fingerprint density at radius 1 is 1.17 bits per heavy atom. The first-order valence-corrected chi connectivity index (χ1v) is 8.97. The van der Waals surface area contributed by atoms with Gasteiger partial charge in [-0.2, -0.15) is 0 Å². The number of hydrogen-bond acceptors (Lipinski definition) is 3. The van der Waals surface area contributed by atoms with E-state index in [0.29, 0.717) is 5.02 Å². The van der Waals surface area contributed by atoms with Crippen LogP contribution in [0.4, 0.5) is 0 Å². The third kappa shape index (κ3) is 4.90. The molecule has 0 spiro atoms. The predicted molar refractivity (Wildman–Crippen MR) is 103 cm³/mol. The van der Waals surface area contributed by atoms with Crippen molar-refractivity contribution >= 4 is 41.7 Å². The monoisotopic (exact) mass is 382 g/mol. The Morgan fingerprint density at radius 2 is 1.88 bits per heavy atom. The summed E-state index contributed by atoms with van der Waals surface area (Å²) in [5.74, 6) is 0.0369. The fourth-order valence-electron chi connectivity index (χ4n) is 2.62. The molecule has 6 heteroatoms. The van der Waals surface area contributed by atoms with Gasteiger partial charge in [-0.15, -0.1) is 24.2 Å². The molecule has 24 heavy (non-hydrogen) atoms. The van der Waals surface area contributed by atoms with Gasteiger partial charge in [-0.1, -0.05) is 54.1 Å². The largest absolute Gasteiger partial charge is 0.351 e. The van der Waals surface area contributed by atoms with E-state index in [1.54, 1.807) is 0 Å². The van der Waals surface area contributed by atoms with E-state index in [1.165, 1.54) is 11.8 Å². The van der Waals surface area contributed by atoms with Crippen LogP contribution in [-0.4, -0.2) is 25.0 Å². The van der Waals surface area contributed by atoms with Gasteiger partial charge in [0.15, 0.2) is 0 Å². The molecule has 3 rings (SSSR count). The van der Waals surface area contributed by atoms with Crippen molar-refractivity contribution in [2.45, 2.75) is 22.6 Å². The average molecular weight is 383 g/mol. The van der Waals surface area contributed by atoms with Gasteiger partial charge in [-0.25, -0.2) is 0 Å². The van der Waals surface area contributed by atoms with Crippen LogP contribution in [-0.2, 0) is 4.79 Å². The number of carbonyl (C=O) groups is 1. The van der Waals surface area contributed by atoms with E-state index in [0.717, 1.165) is 30.0 Å². The summed E-state index contributed by atoms with van der Waals surface area (Å²) < 4.78 is 0. The molecule has 128 valence electrons. The van der Waals surface area contributed by atoms with Crippen LogP contribution >= 0.6 is 35.8 Å². The van der Waals surface area contributed by atoms with Gasteiger partial charge >= 0.3 is 0 Å². The highest BCUT2D eigenvalue weighted by molar-refractivity contribution is 8.00. The molecule has 1 fully saturated rings. The molecular formula is C18H20Cl2N2OS. The first kappa shape index (κ1) is 19.1. The molecule has 1 aliphatic rings. The summed E-state index contributed by atoms with van der Waals surface area (Å²) in [7, 11) is 0. The lowest BCUT2D eigenvalue weighted by molar-refractivity contribution is -0.121. The van der Waals surface area contributed by atoms with Gasteiger partial charge in [0, 0.05) is 17.5 Å². The van der Waals surface area contributed by atoms with E-state index in [4.69, 9.17) is 11.6 Å². The van der Waals surface area contributed by atoms with Gasteiger partial charge < -0.3 is 10.6 Å². The molecule has 2 aromatic carbocycles. The summed E-state index contributed by atoms with van der Waals surface area (Å²) in [6.07, 6.45) is 0.976. The molecule has 3 nitrogen and oxygen atoms in total. The normalized spacial score (nSPS) is 17.8. The summed E-state index contributed by atoms with van der Waals surface area (Å²) in [6, 6.07) is 17.7. The van der Waals surface area contributed by atoms with Crippen molar-refractivity contribution < 1.29 is 4.79 Å². The molecule has 2 atom stereocenters. The quantitative estimate of drug-likeness (QED) is 0.765. The lowest BCUT2D eigenvalue weighted by Crippen LogP contribution is -2.38. The third-order valence-corrected chi connectivity index (χ3v) is 5.60. The van der Waals surface area contributed by atoms with Gasteiger partial charge in [0.05, 0.1) is 5.02 Å². The second-order valence-electron chi connectivity index (χ2n) is 5.54. The van der Waals surface area contributed by atoms with E-state index < -0.39 is 0 Å². The van der Waals surface area contributed by atoms with Gasteiger partial charge in [-0.05, 0) is 30.7 Å². The van der Waals surface area contributed by atoms with Crippen molar-refractivity contribution in [1.29, 1.82) is 0 Å². The maximum atomic E-state index is 12.8. The summed E-state index contributed by atoms with van der Waals surface area (Å²) in [5, 5.41) is 6.79. The van der Waals surface area contributed by atoms with Crippen LogP contribution in [0.2, 0.25) is 5.02 Å². The second kappa shape index (κ2) is 9.33. The number of carbonyl (C=O) groups excluding carboxylic acids is 1. The Morgan fingerprint density at radius 3 is 2.54 bits per heavy atom. The van der Waals surface area contributed by atoms with Crippen molar-refractivity contribution in [3.8, 4) is 0 Å². The number of hydrogen-bond donors (Lipinski definition) is 2. The number of thioether (sulfide) groups is 1. The molecule has 1 heterocycles. The van der Waals surface area contributed by atoms with Crippen LogP contribution in [0.5, 0.6) is 0 Å². The van der Waals surface area contributed by atoms with Crippen molar-refractivity contribution in [1.82, 2.24) is 10.6 Å². The smallest absolute Gasteiger partial charge is 0.238 e. The standard InChI is InChI=1S/C18H19ClN2OS.ClH/c19-15-8-4-5-9-16(15)23-17(13-6-2-1-3-7-13)18(22)21-14-10-11-20-12-14;/h1-9,14,17,20H,10-12H2,(H,21,22);1H. The SMILES string of the molecule is Cl.O=C(NC1CCNC1)C(Sc1ccccc1Cl)c1ccccc1. The Balaban J connectivity index is 0.00000208. The minimum absolute atomic E-state index is 0. The molecule has 1 saturated heterocycles. The van der Waals surface area contributed by atoms with Crippen molar-refractivity contribution in [3.63, 3.8) is 0 Å². The molecule has 1 aliphatic heterocycles. The van der Waals surface area contributed by atoms with E-state index in [1.807, 2.05) is 54.6 Å². The van der Waals surface area contributed by atoms with Crippen LogP contribution in [0.15, 0.2) is 59.5 Å². The molecule has 0 aliphatic carbocycles. The van der Waals surface area contributed by atoms with Crippen molar-refractivity contribution in [2.75, 3.05) is 13.1 Å². The predicted octanol–water partition coefficient (Wildman–Crippen LogP) is 4.07. The average Bonchev–Trinajstić information content (AvgIpc) is 3.08. The van der Waals surface area contributed by atoms with Crippen molar-refractivity contribution in [3.05, 3.63) is 65.2 Å². The number of benzene rings is 2. The topological polar surface area (TPSA) is 41.1 Å². The minimum atomic E-state index is -0.309. The highest BCUT2D eigenvalue weighted by Gasteiger charge is 2.26. The van der Waals surface area contributed by atoms with Crippen LogP contribution in [0.3, 0.4) is 0 Å². The molecule has 1 amide bonds. The van der Waals surface area contributed by atoms with E-state index in [-0.39, 0.29) is 29.6 Å². The maximum absolute atomic E-state index is 12.8. The summed E-state index contributed by atoms with van der Waals surface area (Å²) in [4.78, 5) is 13.7. The van der Waals surface area contributed by atoms with Gasteiger partial charge in [0.25, 0.3) is 0 Å². The Hall–Kier alpha value is -1.20. The zero-order valence-corrected chi connectivity index (χ0v) is 15.5. The summed E-state index contributed by atoms with van der Waals surface area (Å²) in [5.41, 5.74) is 0.987. The first-order valence-electron chi connectivity index (χ1n) is 7.71. The third-order valence-electron chi connectivity index (χ3n) is 3.83. The van der Waals surface area contributed by atoms with Crippen LogP contribution < -0.4 is 10.6 Å². The van der Waals surface area contributed by atoms with Crippen molar-refractivity contribution in [2.24, 2.45) is 0 Å². The summed E-state index contributed by atoms with van der Waals surface area (Å²) in [6.45, 7) is 1.79. The van der Waals surface area contributed by atoms with E-state index in [9.17, 15) is 4.79 Å². The highest BCUT2D eigenvalue weighted by atomic mass is 35.5. The number of nitrogens with one attached hydrogen (secondary N) is 2. The molecule has 0 radical (unpaired) electrons. The highest BCUT2D eigenvalue weighted by Crippen LogP contribution is 2.38. The fourth-order valence-corrected chi connectivity index (χ4v) is 3.95. The molecule has 0 bridgehead atoms. The Kier molecular flexibility index (Phi) is 7.43. The van der Waals surface area contributed by atoms with Gasteiger partial charge in [-0.3, -0.25) is 4.79 Å². The second-order valence-corrected chi connectivity index (χ2v) is 7.09. The molecule has 0 saturated carbocycles. The number of rotatable bonds is 5. The zero-order valence-electron chi connectivity index (χ0n) is 13.1. The van der Waals surface area contributed by atoms with Crippen LogP contribution in [0.1, 0.15) is 17.2 Å². The first-order chi connectivity index (χ1) is 11.2. The van der Waals surface area contributed by atoms with E-state index in [2.05, 4.69) is 10.6 Å². The van der Waals surface area contributed by atoms with Gasteiger partial charge in [0.1, 0.15) is 5.25 Å². The zero-order chi connectivity index (χ0) is 16.1. The molecule has 2 unspecified atom stereocenters. The number of halogens is 2. The van der Waals surface area contributed by atoms with Crippen LogP contribution in [0.25, 0.3) is 0 Å². The molecular weight excluding hydrogens is 363 g/mol.